The normalized spacial score (nSPS) is 12.9. The number of fused-ring (bicyclic) bond motifs is 1. The van der Waals surface area contributed by atoms with Crippen LogP contribution in [-0.2, 0) is 0 Å². The fourth-order valence-electron chi connectivity index (χ4n) is 1.68. The summed E-state index contributed by atoms with van der Waals surface area (Å²) in [4.78, 5) is 11.9. The summed E-state index contributed by atoms with van der Waals surface area (Å²) >= 11 is 0. The maximum absolute atomic E-state index is 11.9. The van der Waals surface area contributed by atoms with Crippen molar-refractivity contribution in [2.45, 2.75) is 20.3 Å². The van der Waals surface area contributed by atoms with Crippen molar-refractivity contribution < 1.29 is 14.3 Å². The summed E-state index contributed by atoms with van der Waals surface area (Å²) in [7, 11) is 0. The van der Waals surface area contributed by atoms with Gasteiger partial charge in [0.05, 0.1) is 5.56 Å². The van der Waals surface area contributed by atoms with E-state index in [1.807, 2.05) is 0 Å². The molecular weight excluding hydrogens is 218 g/mol. The first-order chi connectivity index (χ1) is 8.18. The minimum absolute atomic E-state index is 0.104. The molecule has 0 spiro atoms. The summed E-state index contributed by atoms with van der Waals surface area (Å²) in [6.07, 6.45) is 0.970. The first-order valence-corrected chi connectivity index (χ1v) is 5.85. The predicted octanol–water partition coefficient (Wildman–Crippen LogP) is 2.19. The Morgan fingerprint density at radius 3 is 3.00 bits per heavy atom. The summed E-state index contributed by atoms with van der Waals surface area (Å²) in [5.41, 5.74) is 0.545. The van der Waals surface area contributed by atoms with Gasteiger partial charge in [-0.3, -0.25) is 4.79 Å². The van der Waals surface area contributed by atoms with Gasteiger partial charge in [-0.25, -0.2) is 0 Å². The quantitative estimate of drug-likeness (QED) is 0.870. The zero-order chi connectivity index (χ0) is 12.3. The van der Waals surface area contributed by atoms with Gasteiger partial charge in [-0.05, 0) is 24.5 Å². The second-order valence-corrected chi connectivity index (χ2v) is 4.48. The molecule has 0 atom stereocenters. The number of ether oxygens (including phenoxy) is 2. The fourth-order valence-corrected chi connectivity index (χ4v) is 1.68. The maximum atomic E-state index is 11.9. The van der Waals surface area contributed by atoms with Crippen LogP contribution in [0.4, 0.5) is 0 Å². The lowest BCUT2D eigenvalue weighted by atomic mass is 10.1. The Morgan fingerprint density at radius 1 is 1.41 bits per heavy atom. The first-order valence-electron chi connectivity index (χ1n) is 5.85. The Kier molecular flexibility index (Phi) is 3.52. The summed E-state index contributed by atoms with van der Waals surface area (Å²) < 4.78 is 10.5. The number of carbonyl (C=O) groups excluding carboxylic acids is 1. The first kappa shape index (κ1) is 11.8. The Bertz CT molecular complexity index is 415. The van der Waals surface area contributed by atoms with Gasteiger partial charge in [0, 0.05) is 6.54 Å². The van der Waals surface area contributed by atoms with Crippen LogP contribution in [0.3, 0.4) is 0 Å². The maximum Gasteiger partial charge on any atom is 0.255 e. The van der Waals surface area contributed by atoms with Crippen LogP contribution in [0.1, 0.15) is 30.6 Å². The largest absolute Gasteiger partial charge is 0.454 e. The third-order valence-electron chi connectivity index (χ3n) is 2.65. The topological polar surface area (TPSA) is 47.6 Å². The molecule has 0 aromatic heterocycles. The van der Waals surface area contributed by atoms with E-state index >= 15 is 0 Å². The van der Waals surface area contributed by atoms with Crippen molar-refractivity contribution in [3.8, 4) is 11.5 Å². The Labute approximate surface area is 101 Å². The van der Waals surface area contributed by atoms with E-state index in [1.54, 1.807) is 18.2 Å². The van der Waals surface area contributed by atoms with E-state index in [-0.39, 0.29) is 12.7 Å². The lowest BCUT2D eigenvalue weighted by Gasteiger charge is -2.08. The SMILES string of the molecule is CC(C)CCNC(=O)c1cccc2c1OCO2. The summed E-state index contributed by atoms with van der Waals surface area (Å²) in [6, 6.07) is 5.34. The third kappa shape index (κ3) is 2.70. The van der Waals surface area contributed by atoms with Crippen molar-refractivity contribution in [1.82, 2.24) is 5.32 Å². The van der Waals surface area contributed by atoms with Gasteiger partial charge in [0.15, 0.2) is 11.5 Å². The molecule has 0 unspecified atom stereocenters. The third-order valence-corrected chi connectivity index (χ3v) is 2.65. The number of benzene rings is 1. The van der Waals surface area contributed by atoms with Crippen LogP contribution in [0.2, 0.25) is 0 Å². The molecule has 4 nitrogen and oxygen atoms in total. The zero-order valence-electron chi connectivity index (χ0n) is 10.2. The average Bonchev–Trinajstić information content (AvgIpc) is 2.75. The predicted molar refractivity (Wildman–Crippen MR) is 64.4 cm³/mol. The van der Waals surface area contributed by atoms with Crippen molar-refractivity contribution in [2.24, 2.45) is 5.92 Å². The molecule has 2 rings (SSSR count). The smallest absolute Gasteiger partial charge is 0.255 e. The van der Waals surface area contributed by atoms with Crippen molar-refractivity contribution in [2.75, 3.05) is 13.3 Å². The van der Waals surface area contributed by atoms with Gasteiger partial charge in [0.2, 0.25) is 6.79 Å². The molecule has 1 aromatic carbocycles. The van der Waals surface area contributed by atoms with Crippen LogP contribution in [0, 0.1) is 5.92 Å². The molecule has 92 valence electrons. The molecule has 4 heteroatoms. The lowest BCUT2D eigenvalue weighted by molar-refractivity contribution is 0.0947. The molecule has 1 aliphatic rings. The van der Waals surface area contributed by atoms with Crippen molar-refractivity contribution in [1.29, 1.82) is 0 Å². The summed E-state index contributed by atoms with van der Waals surface area (Å²) in [5.74, 6) is 1.67. The van der Waals surface area contributed by atoms with Crippen LogP contribution >= 0.6 is 0 Å². The lowest BCUT2D eigenvalue weighted by Crippen LogP contribution is -2.25. The Morgan fingerprint density at radius 2 is 2.24 bits per heavy atom. The van der Waals surface area contributed by atoms with Crippen molar-refractivity contribution >= 4 is 5.91 Å². The van der Waals surface area contributed by atoms with Crippen LogP contribution < -0.4 is 14.8 Å². The number of amides is 1. The number of hydrogen-bond donors (Lipinski definition) is 1. The second kappa shape index (κ2) is 5.08. The molecule has 17 heavy (non-hydrogen) atoms. The van der Waals surface area contributed by atoms with Crippen LogP contribution in [0.15, 0.2) is 18.2 Å². The molecule has 0 fully saturated rings. The van der Waals surface area contributed by atoms with Gasteiger partial charge >= 0.3 is 0 Å². The van der Waals surface area contributed by atoms with Crippen LogP contribution in [0.25, 0.3) is 0 Å². The summed E-state index contributed by atoms with van der Waals surface area (Å²) in [6.45, 7) is 5.12. The molecule has 1 heterocycles. The van der Waals surface area contributed by atoms with E-state index in [1.165, 1.54) is 0 Å². The van der Waals surface area contributed by atoms with Gasteiger partial charge in [-0.1, -0.05) is 19.9 Å². The zero-order valence-corrected chi connectivity index (χ0v) is 10.2. The number of nitrogens with one attached hydrogen (secondary N) is 1. The molecule has 0 saturated heterocycles. The van der Waals surface area contributed by atoms with Crippen molar-refractivity contribution in [3.05, 3.63) is 23.8 Å². The number of rotatable bonds is 4. The van der Waals surface area contributed by atoms with E-state index < -0.39 is 0 Å². The van der Waals surface area contributed by atoms with Crippen molar-refractivity contribution in [3.63, 3.8) is 0 Å². The molecule has 1 N–H and O–H groups in total. The highest BCUT2D eigenvalue weighted by Crippen LogP contribution is 2.35. The molecule has 1 amide bonds. The van der Waals surface area contributed by atoms with Gasteiger partial charge in [0.1, 0.15) is 0 Å². The standard InChI is InChI=1S/C13H17NO3/c1-9(2)6-7-14-13(15)10-4-3-5-11-12(10)17-8-16-11/h3-5,9H,6-8H2,1-2H3,(H,14,15). The van der Waals surface area contributed by atoms with Gasteiger partial charge in [0.25, 0.3) is 5.91 Å². The minimum atomic E-state index is -0.104. The minimum Gasteiger partial charge on any atom is -0.454 e. The molecule has 0 radical (unpaired) electrons. The van der Waals surface area contributed by atoms with Crippen LogP contribution in [0.5, 0.6) is 11.5 Å². The Balaban J connectivity index is 2.02. The highest BCUT2D eigenvalue weighted by molar-refractivity contribution is 5.97. The fraction of sp³-hybridized carbons (Fsp3) is 0.462. The summed E-state index contributed by atoms with van der Waals surface area (Å²) in [5, 5.41) is 2.89. The molecular formula is C13H17NO3. The molecule has 0 bridgehead atoms. The van der Waals surface area contributed by atoms with E-state index in [0.717, 1.165) is 6.42 Å². The highest BCUT2D eigenvalue weighted by Gasteiger charge is 2.21. The number of carbonyl (C=O) groups is 1. The molecule has 0 saturated carbocycles. The van der Waals surface area contributed by atoms with Crippen LogP contribution in [-0.4, -0.2) is 19.2 Å². The average molecular weight is 235 g/mol. The molecule has 1 aromatic rings. The number of hydrogen-bond acceptors (Lipinski definition) is 3. The molecule has 1 aliphatic heterocycles. The second-order valence-electron chi connectivity index (χ2n) is 4.48. The van der Waals surface area contributed by atoms with E-state index in [0.29, 0.717) is 29.5 Å². The number of para-hydroxylation sites is 1. The highest BCUT2D eigenvalue weighted by atomic mass is 16.7. The Hall–Kier alpha value is -1.71. The van der Waals surface area contributed by atoms with Gasteiger partial charge in [-0.15, -0.1) is 0 Å². The molecule has 0 aliphatic carbocycles. The van der Waals surface area contributed by atoms with E-state index in [2.05, 4.69) is 19.2 Å². The van der Waals surface area contributed by atoms with E-state index in [4.69, 9.17) is 9.47 Å². The van der Waals surface area contributed by atoms with Gasteiger partial charge in [-0.2, -0.15) is 0 Å². The monoisotopic (exact) mass is 235 g/mol. The van der Waals surface area contributed by atoms with E-state index in [9.17, 15) is 4.79 Å². The van der Waals surface area contributed by atoms with Gasteiger partial charge < -0.3 is 14.8 Å².